The van der Waals surface area contributed by atoms with Crippen LogP contribution in [0.2, 0.25) is 0 Å². The summed E-state index contributed by atoms with van der Waals surface area (Å²) >= 11 is 1.72. The summed E-state index contributed by atoms with van der Waals surface area (Å²) in [5, 5.41) is 3.05. The highest BCUT2D eigenvalue weighted by Gasteiger charge is 2.11. The molecule has 1 aliphatic rings. The highest BCUT2D eigenvalue weighted by Crippen LogP contribution is 2.22. The number of amides is 1. The average molecular weight is 306 g/mol. The van der Waals surface area contributed by atoms with Crippen molar-refractivity contribution in [2.24, 2.45) is 0 Å². The molecule has 1 aromatic carbocycles. The third kappa shape index (κ3) is 5.36. The van der Waals surface area contributed by atoms with E-state index in [9.17, 15) is 4.79 Å². The second-order valence-electron chi connectivity index (χ2n) is 5.44. The molecule has 0 saturated carbocycles. The van der Waals surface area contributed by atoms with Gasteiger partial charge in [-0.25, -0.2) is 0 Å². The van der Waals surface area contributed by atoms with Gasteiger partial charge in [0, 0.05) is 11.4 Å². The largest absolute Gasteiger partial charge is 0.352 e. The Kier molecular flexibility index (Phi) is 7.10. The van der Waals surface area contributed by atoms with E-state index in [1.54, 1.807) is 11.8 Å². The fraction of sp³-hybridized carbons (Fsp3) is 0.588. The van der Waals surface area contributed by atoms with Crippen molar-refractivity contribution in [1.29, 1.82) is 0 Å². The van der Waals surface area contributed by atoms with Gasteiger partial charge in [-0.3, -0.25) is 4.79 Å². The van der Waals surface area contributed by atoms with Crippen LogP contribution in [0.15, 0.2) is 29.2 Å². The van der Waals surface area contributed by atoms with E-state index in [-0.39, 0.29) is 5.91 Å². The van der Waals surface area contributed by atoms with Crippen LogP contribution >= 0.6 is 11.8 Å². The molecule has 1 aromatic rings. The maximum Gasteiger partial charge on any atom is 0.252 e. The van der Waals surface area contributed by atoms with Gasteiger partial charge in [0.05, 0.1) is 5.56 Å². The molecule has 1 N–H and O–H groups in total. The summed E-state index contributed by atoms with van der Waals surface area (Å²) in [4.78, 5) is 15.8. The van der Waals surface area contributed by atoms with Crippen LogP contribution in [0.3, 0.4) is 0 Å². The van der Waals surface area contributed by atoms with Crippen LogP contribution in [0.5, 0.6) is 0 Å². The molecule has 0 spiro atoms. The molecular weight excluding hydrogens is 280 g/mol. The number of nitrogens with zero attached hydrogens (tertiary/aromatic N) is 1. The molecular formula is C17H26N2OS. The van der Waals surface area contributed by atoms with Gasteiger partial charge in [0.15, 0.2) is 0 Å². The van der Waals surface area contributed by atoms with Gasteiger partial charge in [0.25, 0.3) is 5.91 Å². The van der Waals surface area contributed by atoms with Crippen molar-refractivity contribution < 1.29 is 4.79 Å². The molecule has 0 aromatic heterocycles. The molecule has 1 heterocycles. The number of carbonyl (C=O) groups excluding carboxylic acids is 1. The molecule has 1 aliphatic heterocycles. The molecule has 0 unspecified atom stereocenters. The lowest BCUT2D eigenvalue weighted by atomic mass is 10.2. The lowest BCUT2D eigenvalue weighted by Gasteiger charge is -2.14. The predicted octanol–water partition coefficient (Wildman–Crippen LogP) is 3.40. The van der Waals surface area contributed by atoms with E-state index >= 15 is 0 Å². The first kappa shape index (κ1) is 16.4. The zero-order valence-electron chi connectivity index (χ0n) is 12.9. The van der Waals surface area contributed by atoms with E-state index in [4.69, 9.17) is 0 Å². The summed E-state index contributed by atoms with van der Waals surface area (Å²) in [7, 11) is 0. The number of benzene rings is 1. The topological polar surface area (TPSA) is 32.3 Å². The molecule has 0 radical (unpaired) electrons. The van der Waals surface area contributed by atoms with Crippen LogP contribution in [0.1, 0.15) is 43.0 Å². The van der Waals surface area contributed by atoms with Gasteiger partial charge in [0.1, 0.15) is 0 Å². The summed E-state index contributed by atoms with van der Waals surface area (Å²) < 4.78 is 0. The number of likely N-dealkylation sites (tertiary alicyclic amines) is 1. The van der Waals surface area contributed by atoms with E-state index in [2.05, 4.69) is 17.1 Å². The predicted molar refractivity (Wildman–Crippen MR) is 90.1 cm³/mol. The first-order valence-electron chi connectivity index (χ1n) is 8.03. The standard InChI is InChI=1S/C17H26N2OS/c1-2-21-16-10-4-3-9-15(16)17(20)18-11-5-6-12-19-13-7-8-14-19/h3-4,9-10H,2,5-8,11-14H2,1H3,(H,18,20). The SMILES string of the molecule is CCSc1ccccc1C(=O)NCCCCN1CCCC1. The van der Waals surface area contributed by atoms with Crippen molar-refractivity contribution in [2.75, 3.05) is 31.9 Å². The van der Waals surface area contributed by atoms with Crippen LogP contribution < -0.4 is 5.32 Å². The maximum atomic E-state index is 12.2. The number of hydrogen-bond acceptors (Lipinski definition) is 3. The van der Waals surface area contributed by atoms with Crippen LogP contribution in [-0.4, -0.2) is 42.7 Å². The molecule has 1 amide bonds. The third-order valence-corrected chi connectivity index (χ3v) is 4.77. The molecule has 0 aliphatic carbocycles. The first-order valence-corrected chi connectivity index (χ1v) is 9.02. The zero-order chi connectivity index (χ0) is 14.9. The number of rotatable bonds is 8. The Hall–Kier alpha value is -1.00. The molecule has 2 rings (SSSR count). The van der Waals surface area contributed by atoms with Crippen molar-refractivity contribution >= 4 is 17.7 Å². The molecule has 1 fully saturated rings. The van der Waals surface area contributed by atoms with Gasteiger partial charge in [-0.1, -0.05) is 19.1 Å². The van der Waals surface area contributed by atoms with Gasteiger partial charge >= 0.3 is 0 Å². The molecule has 1 saturated heterocycles. The van der Waals surface area contributed by atoms with Gasteiger partial charge in [0.2, 0.25) is 0 Å². The van der Waals surface area contributed by atoms with Crippen LogP contribution in [0, 0.1) is 0 Å². The number of carbonyl (C=O) groups is 1. The highest BCUT2D eigenvalue weighted by molar-refractivity contribution is 7.99. The summed E-state index contributed by atoms with van der Waals surface area (Å²) in [6, 6.07) is 7.86. The molecule has 3 nitrogen and oxygen atoms in total. The van der Waals surface area contributed by atoms with Crippen LogP contribution in [0.25, 0.3) is 0 Å². The Morgan fingerprint density at radius 2 is 2.00 bits per heavy atom. The molecule has 21 heavy (non-hydrogen) atoms. The Morgan fingerprint density at radius 3 is 2.76 bits per heavy atom. The Bertz CT molecular complexity index is 444. The fourth-order valence-electron chi connectivity index (χ4n) is 2.70. The fourth-order valence-corrected chi connectivity index (χ4v) is 3.50. The minimum atomic E-state index is 0.0627. The van der Waals surface area contributed by atoms with Crippen molar-refractivity contribution in [2.45, 2.75) is 37.5 Å². The van der Waals surface area contributed by atoms with Crippen molar-refractivity contribution in [1.82, 2.24) is 10.2 Å². The lowest BCUT2D eigenvalue weighted by Crippen LogP contribution is -2.26. The summed E-state index contributed by atoms with van der Waals surface area (Å²) in [6.07, 6.45) is 4.93. The van der Waals surface area contributed by atoms with Crippen molar-refractivity contribution in [3.8, 4) is 0 Å². The normalized spacial score (nSPS) is 15.3. The summed E-state index contributed by atoms with van der Waals surface area (Å²) in [5.41, 5.74) is 0.809. The van der Waals surface area contributed by atoms with Gasteiger partial charge in [-0.05, 0) is 63.2 Å². The van der Waals surface area contributed by atoms with E-state index < -0.39 is 0 Å². The quantitative estimate of drug-likeness (QED) is 0.590. The summed E-state index contributed by atoms with van der Waals surface area (Å²) in [5.74, 6) is 1.05. The van der Waals surface area contributed by atoms with Gasteiger partial charge < -0.3 is 10.2 Å². The Morgan fingerprint density at radius 1 is 1.24 bits per heavy atom. The van der Waals surface area contributed by atoms with Crippen LogP contribution in [0.4, 0.5) is 0 Å². The maximum absolute atomic E-state index is 12.2. The minimum absolute atomic E-state index is 0.0627. The Balaban J connectivity index is 1.69. The number of thioether (sulfide) groups is 1. The second kappa shape index (κ2) is 9.11. The van der Waals surface area contributed by atoms with E-state index in [1.807, 2.05) is 24.3 Å². The smallest absolute Gasteiger partial charge is 0.252 e. The van der Waals surface area contributed by atoms with Crippen LogP contribution in [-0.2, 0) is 0 Å². The highest BCUT2D eigenvalue weighted by atomic mass is 32.2. The van der Waals surface area contributed by atoms with E-state index in [0.717, 1.165) is 29.2 Å². The summed E-state index contributed by atoms with van der Waals surface area (Å²) in [6.45, 7) is 6.58. The molecule has 4 heteroatoms. The molecule has 0 atom stereocenters. The van der Waals surface area contributed by atoms with Crippen molar-refractivity contribution in [3.63, 3.8) is 0 Å². The number of hydrogen-bond donors (Lipinski definition) is 1. The van der Waals surface area contributed by atoms with Gasteiger partial charge in [-0.2, -0.15) is 0 Å². The first-order chi connectivity index (χ1) is 10.3. The Labute approximate surface area is 132 Å². The lowest BCUT2D eigenvalue weighted by molar-refractivity contribution is 0.0949. The van der Waals surface area contributed by atoms with E-state index in [1.165, 1.54) is 38.9 Å². The van der Waals surface area contributed by atoms with Crippen molar-refractivity contribution in [3.05, 3.63) is 29.8 Å². The monoisotopic (exact) mass is 306 g/mol. The van der Waals surface area contributed by atoms with E-state index in [0.29, 0.717) is 0 Å². The third-order valence-electron chi connectivity index (χ3n) is 3.82. The van der Waals surface area contributed by atoms with Gasteiger partial charge in [-0.15, -0.1) is 11.8 Å². The minimum Gasteiger partial charge on any atom is -0.352 e. The average Bonchev–Trinajstić information content (AvgIpc) is 3.01. The number of nitrogens with one attached hydrogen (secondary N) is 1. The second-order valence-corrected chi connectivity index (χ2v) is 6.75. The number of unbranched alkanes of at least 4 members (excludes halogenated alkanes) is 1. The zero-order valence-corrected chi connectivity index (χ0v) is 13.8. The molecule has 116 valence electrons. The molecule has 0 bridgehead atoms.